The molecule has 0 spiro atoms. The molecule has 2 amide bonds. The Morgan fingerprint density at radius 3 is 2.96 bits per heavy atom. The van der Waals surface area contributed by atoms with Crippen molar-refractivity contribution in [2.45, 2.75) is 51.5 Å². The van der Waals surface area contributed by atoms with Gasteiger partial charge in [0, 0.05) is 37.8 Å². The number of rotatable bonds is 3. The molecule has 0 saturated carbocycles. The maximum atomic E-state index is 11.9. The molecule has 0 saturated heterocycles. The molecule has 0 fully saturated rings. The molecule has 2 aliphatic rings. The number of aryl methyl sites for hydroxylation is 1. The van der Waals surface area contributed by atoms with Crippen molar-refractivity contribution in [2.24, 2.45) is 0 Å². The van der Waals surface area contributed by atoms with Crippen LogP contribution in [-0.4, -0.2) is 33.6 Å². The third kappa shape index (κ3) is 2.77. The number of anilines is 1. The highest BCUT2D eigenvalue weighted by molar-refractivity contribution is 5.94. The Morgan fingerprint density at radius 1 is 1.31 bits per heavy atom. The van der Waals surface area contributed by atoms with Gasteiger partial charge in [-0.3, -0.25) is 19.5 Å². The van der Waals surface area contributed by atoms with Crippen molar-refractivity contribution in [1.29, 1.82) is 0 Å². The molecule has 7 nitrogen and oxygen atoms in total. The number of nitrogens with one attached hydrogen (secondary N) is 1. The summed E-state index contributed by atoms with van der Waals surface area (Å²) in [6.07, 6.45) is 10.3. The molecular weight excluding hydrogens is 330 g/mol. The van der Waals surface area contributed by atoms with Crippen LogP contribution in [0.4, 0.5) is 5.82 Å². The zero-order chi connectivity index (χ0) is 18.3. The fraction of sp³-hybridized carbons (Fsp3) is 0.474. The molecule has 2 aromatic rings. The lowest BCUT2D eigenvalue weighted by atomic mass is 9.88. The van der Waals surface area contributed by atoms with Crippen LogP contribution in [0.3, 0.4) is 0 Å². The first-order chi connectivity index (χ1) is 12.6. The standard InChI is InChI=1S/C19H23N5O2/c1-3-17(25)21-15-6-4-5-13-14(15)9-20-10-16(13)24-11-12-7-8-18(26)23(2)19(12)22-24/h9-11,15H,3-8H2,1-2H3,(H,21,25)/t15-/m1/s1. The number of carbonyl (C=O) groups excluding carboxylic acids is 2. The van der Waals surface area contributed by atoms with E-state index in [1.165, 1.54) is 5.56 Å². The van der Waals surface area contributed by atoms with Crippen molar-refractivity contribution in [3.05, 3.63) is 35.3 Å². The van der Waals surface area contributed by atoms with Gasteiger partial charge in [-0.05, 0) is 36.8 Å². The van der Waals surface area contributed by atoms with E-state index in [0.717, 1.165) is 48.3 Å². The lowest BCUT2D eigenvalue weighted by Crippen LogP contribution is -2.31. The van der Waals surface area contributed by atoms with Crippen molar-refractivity contribution in [2.75, 3.05) is 11.9 Å². The second-order valence-corrected chi connectivity index (χ2v) is 6.97. The minimum Gasteiger partial charge on any atom is -0.349 e. The van der Waals surface area contributed by atoms with Gasteiger partial charge in [-0.2, -0.15) is 0 Å². The molecule has 1 N–H and O–H groups in total. The fourth-order valence-corrected chi connectivity index (χ4v) is 3.86. The lowest BCUT2D eigenvalue weighted by Gasteiger charge is -2.27. The van der Waals surface area contributed by atoms with Crippen molar-refractivity contribution in [3.63, 3.8) is 0 Å². The van der Waals surface area contributed by atoms with E-state index >= 15 is 0 Å². The zero-order valence-corrected chi connectivity index (χ0v) is 15.2. The number of hydrogen-bond acceptors (Lipinski definition) is 4. The molecule has 4 rings (SSSR count). The second-order valence-electron chi connectivity index (χ2n) is 6.97. The van der Waals surface area contributed by atoms with Gasteiger partial charge >= 0.3 is 0 Å². The van der Waals surface area contributed by atoms with Gasteiger partial charge in [0.2, 0.25) is 11.8 Å². The van der Waals surface area contributed by atoms with E-state index in [1.54, 1.807) is 11.9 Å². The Morgan fingerprint density at radius 2 is 2.15 bits per heavy atom. The van der Waals surface area contributed by atoms with E-state index in [0.29, 0.717) is 12.8 Å². The van der Waals surface area contributed by atoms with Gasteiger partial charge in [-0.25, -0.2) is 4.68 Å². The van der Waals surface area contributed by atoms with Crippen LogP contribution in [0.1, 0.15) is 55.3 Å². The molecule has 26 heavy (non-hydrogen) atoms. The average molecular weight is 353 g/mol. The van der Waals surface area contributed by atoms with Crippen molar-refractivity contribution < 1.29 is 9.59 Å². The smallest absolute Gasteiger partial charge is 0.228 e. The van der Waals surface area contributed by atoms with Crippen LogP contribution in [0.25, 0.3) is 5.69 Å². The quantitative estimate of drug-likeness (QED) is 0.916. The average Bonchev–Trinajstić information content (AvgIpc) is 3.09. The number of pyridine rings is 1. The van der Waals surface area contributed by atoms with Crippen molar-refractivity contribution in [3.8, 4) is 5.69 Å². The summed E-state index contributed by atoms with van der Waals surface area (Å²) in [5.74, 6) is 0.881. The van der Waals surface area contributed by atoms with E-state index in [4.69, 9.17) is 0 Å². The van der Waals surface area contributed by atoms with Crippen LogP contribution in [0.5, 0.6) is 0 Å². The monoisotopic (exact) mass is 353 g/mol. The summed E-state index contributed by atoms with van der Waals surface area (Å²) in [6.45, 7) is 1.86. The Kier molecular flexibility index (Phi) is 4.22. The number of fused-ring (bicyclic) bond motifs is 2. The van der Waals surface area contributed by atoms with E-state index < -0.39 is 0 Å². The topological polar surface area (TPSA) is 80.1 Å². The van der Waals surface area contributed by atoms with Crippen LogP contribution in [-0.2, 0) is 22.4 Å². The van der Waals surface area contributed by atoms with Gasteiger partial charge in [0.05, 0.1) is 17.9 Å². The van der Waals surface area contributed by atoms with E-state index in [-0.39, 0.29) is 17.9 Å². The largest absolute Gasteiger partial charge is 0.349 e. The SMILES string of the molecule is CCC(=O)N[C@@H]1CCCc2c1cncc2-n1cc2c(n1)N(C)C(=O)CC2. The van der Waals surface area contributed by atoms with Gasteiger partial charge in [-0.15, -0.1) is 5.10 Å². The van der Waals surface area contributed by atoms with Gasteiger partial charge in [0.15, 0.2) is 5.82 Å². The molecular formula is C19H23N5O2. The van der Waals surface area contributed by atoms with Crippen LogP contribution in [0.2, 0.25) is 0 Å². The number of nitrogens with zero attached hydrogens (tertiary/aromatic N) is 4. The summed E-state index contributed by atoms with van der Waals surface area (Å²) in [5, 5.41) is 7.76. The molecule has 3 heterocycles. The summed E-state index contributed by atoms with van der Waals surface area (Å²) < 4.78 is 1.84. The summed E-state index contributed by atoms with van der Waals surface area (Å²) in [4.78, 5) is 29.8. The number of carbonyl (C=O) groups is 2. The molecule has 0 radical (unpaired) electrons. The molecule has 0 aromatic carbocycles. The molecule has 7 heteroatoms. The maximum Gasteiger partial charge on any atom is 0.228 e. The zero-order valence-electron chi connectivity index (χ0n) is 15.2. The highest BCUT2D eigenvalue weighted by Crippen LogP contribution is 2.34. The molecule has 0 bridgehead atoms. The normalized spacial score (nSPS) is 19.1. The first-order valence-corrected chi connectivity index (χ1v) is 9.20. The van der Waals surface area contributed by atoms with Crippen molar-refractivity contribution >= 4 is 17.6 Å². The van der Waals surface area contributed by atoms with Crippen LogP contribution in [0, 0.1) is 0 Å². The van der Waals surface area contributed by atoms with Gasteiger partial charge in [0.1, 0.15) is 0 Å². The van der Waals surface area contributed by atoms with Crippen LogP contribution in [0.15, 0.2) is 18.6 Å². The molecule has 2 aromatic heterocycles. The first kappa shape index (κ1) is 16.8. The van der Waals surface area contributed by atoms with Gasteiger partial charge < -0.3 is 5.32 Å². The predicted molar refractivity (Wildman–Crippen MR) is 97.2 cm³/mol. The molecule has 1 aliphatic heterocycles. The minimum absolute atomic E-state index is 0.00749. The van der Waals surface area contributed by atoms with Gasteiger partial charge in [-0.1, -0.05) is 6.92 Å². The summed E-state index contributed by atoms with van der Waals surface area (Å²) in [6, 6.07) is 0.00749. The van der Waals surface area contributed by atoms with E-state index in [1.807, 2.05) is 30.2 Å². The summed E-state index contributed by atoms with van der Waals surface area (Å²) in [5.41, 5.74) is 4.28. The van der Waals surface area contributed by atoms with Crippen molar-refractivity contribution in [1.82, 2.24) is 20.1 Å². The van der Waals surface area contributed by atoms with Crippen LogP contribution < -0.4 is 10.2 Å². The number of amides is 2. The lowest BCUT2D eigenvalue weighted by molar-refractivity contribution is -0.121. The Hall–Kier alpha value is -2.70. The molecule has 136 valence electrons. The van der Waals surface area contributed by atoms with Crippen LogP contribution >= 0.6 is 0 Å². The third-order valence-corrected chi connectivity index (χ3v) is 5.33. The highest BCUT2D eigenvalue weighted by atomic mass is 16.2. The van der Waals surface area contributed by atoms with E-state index in [9.17, 15) is 9.59 Å². The second kappa shape index (κ2) is 6.55. The number of aromatic nitrogens is 3. The Bertz CT molecular complexity index is 873. The maximum absolute atomic E-state index is 11.9. The molecule has 1 atom stereocenters. The third-order valence-electron chi connectivity index (χ3n) is 5.33. The Balaban J connectivity index is 1.73. The summed E-state index contributed by atoms with van der Waals surface area (Å²) >= 11 is 0. The first-order valence-electron chi connectivity index (χ1n) is 9.20. The predicted octanol–water partition coefficient (Wildman–Crippen LogP) is 2.08. The summed E-state index contributed by atoms with van der Waals surface area (Å²) in [7, 11) is 1.77. The molecule has 1 aliphatic carbocycles. The highest BCUT2D eigenvalue weighted by Gasteiger charge is 2.27. The molecule has 0 unspecified atom stereocenters. The Labute approximate surface area is 152 Å². The van der Waals surface area contributed by atoms with E-state index in [2.05, 4.69) is 15.4 Å². The minimum atomic E-state index is 0.00749. The van der Waals surface area contributed by atoms with Gasteiger partial charge in [0.25, 0.3) is 0 Å². The number of hydrogen-bond donors (Lipinski definition) is 1. The fourth-order valence-electron chi connectivity index (χ4n) is 3.86.